The van der Waals surface area contributed by atoms with Gasteiger partial charge >= 0.3 is 0 Å². The summed E-state index contributed by atoms with van der Waals surface area (Å²) in [5, 5.41) is 18.4. The minimum absolute atomic E-state index is 0.0294. The third kappa shape index (κ3) is 3.70. The smallest absolute Gasteiger partial charge is 0.241 e. The zero-order valence-corrected chi connectivity index (χ0v) is 11.0. The molecule has 0 bridgehead atoms. The number of anilines is 1. The highest BCUT2D eigenvalue weighted by Gasteiger charge is 2.22. The fourth-order valence-corrected chi connectivity index (χ4v) is 2.56. The number of rotatable bonds is 4. The Morgan fingerprint density at radius 2 is 2.11 bits per heavy atom. The van der Waals surface area contributed by atoms with Gasteiger partial charge in [0.25, 0.3) is 0 Å². The Labute approximate surface area is 106 Å². The highest BCUT2D eigenvalue weighted by atomic mass is 32.2. The van der Waals surface area contributed by atoms with Gasteiger partial charge in [0.1, 0.15) is 6.07 Å². The van der Waals surface area contributed by atoms with E-state index >= 15 is 0 Å². The number of benzene rings is 1. The molecule has 4 N–H and O–H groups in total. The maximum absolute atomic E-state index is 12.0. The number of hydrogen-bond acceptors (Lipinski definition) is 5. The first-order valence-electron chi connectivity index (χ1n) is 5.17. The fourth-order valence-electron chi connectivity index (χ4n) is 1.22. The second kappa shape index (κ2) is 4.94. The van der Waals surface area contributed by atoms with Crippen molar-refractivity contribution in [1.82, 2.24) is 4.72 Å². The van der Waals surface area contributed by atoms with Crippen LogP contribution in [0, 0.1) is 11.3 Å². The molecule has 0 saturated carbocycles. The summed E-state index contributed by atoms with van der Waals surface area (Å²) in [6.45, 7) is 2.80. The maximum Gasteiger partial charge on any atom is 0.241 e. The van der Waals surface area contributed by atoms with Crippen LogP contribution in [0.1, 0.15) is 19.4 Å². The van der Waals surface area contributed by atoms with E-state index in [0.29, 0.717) is 5.69 Å². The van der Waals surface area contributed by atoms with Crippen LogP contribution in [0.25, 0.3) is 0 Å². The molecule has 98 valence electrons. The lowest BCUT2D eigenvalue weighted by Gasteiger charge is -2.18. The van der Waals surface area contributed by atoms with E-state index in [2.05, 4.69) is 4.72 Å². The van der Waals surface area contributed by atoms with E-state index in [1.165, 1.54) is 32.0 Å². The zero-order chi connectivity index (χ0) is 14.0. The first-order valence-corrected chi connectivity index (χ1v) is 6.66. The topological polar surface area (TPSA) is 116 Å². The molecule has 1 aromatic rings. The summed E-state index contributed by atoms with van der Waals surface area (Å²) in [7, 11) is -3.84. The Bertz CT molecular complexity index is 583. The van der Waals surface area contributed by atoms with Crippen molar-refractivity contribution in [3.8, 4) is 6.07 Å². The summed E-state index contributed by atoms with van der Waals surface area (Å²) in [6, 6.07) is 5.74. The molecule has 6 nitrogen and oxygen atoms in total. The molecule has 1 rings (SSSR count). The van der Waals surface area contributed by atoms with Crippen LogP contribution >= 0.6 is 0 Å². The van der Waals surface area contributed by atoms with Crippen molar-refractivity contribution < 1.29 is 13.5 Å². The average Bonchev–Trinajstić information content (AvgIpc) is 2.25. The zero-order valence-electron chi connectivity index (χ0n) is 10.1. The Hall–Kier alpha value is -1.62. The average molecular weight is 269 g/mol. The lowest BCUT2D eigenvalue weighted by molar-refractivity contribution is 0.0857. The minimum atomic E-state index is -3.84. The predicted octanol–water partition coefficient (Wildman–Crippen LogP) is 0.190. The molecule has 0 aliphatic rings. The van der Waals surface area contributed by atoms with Crippen LogP contribution in [-0.4, -0.2) is 25.7 Å². The van der Waals surface area contributed by atoms with Gasteiger partial charge in [0.2, 0.25) is 10.0 Å². The molecule has 0 fully saturated rings. The van der Waals surface area contributed by atoms with Crippen LogP contribution in [-0.2, 0) is 10.0 Å². The molecule has 1 aromatic carbocycles. The second-order valence-corrected chi connectivity index (χ2v) is 6.24. The van der Waals surface area contributed by atoms with E-state index in [-0.39, 0.29) is 17.0 Å². The molecule has 0 aliphatic heterocycles. The van der Waals surface area contributed by atoms with Crippen molar-refractivity contribution in [2.75, 3.05) is 12.3 Å². The molecule has 7 heteroatoms. The van der Waals surface area contributed by atoms with Crippen LogP contribution in [0.3, 0.4) is 0 Å². The highest BCUT2D eigenvalue weighted by Crippen LogP contribution is 2.18. The van der Waals surface area contributed by atoms with Crippen molar-refractivity contribution in [2.45, 2.75) is 24.3 Å². The molecular weight excluding hydrogens is 254 g/mol. The standard InChI is InChI=1S/C11H15N3O3S/c1-11(2,15)7-14-18(16,17)10-4-3-9(13)5-8(10)6-12/h3-5,14-15H,7,13H2,1-2H3. The third-order valence-corrected chi connectivity index (χ3v) is 3.57. The molecule has 0 saturated heterocycles. The van der Waals surface area contributed by atoms with Gasteiger partial charge in [0, 0.05) is 12.2 Å². The number of nitrogens with two attached hydrogens (primary N) is 1. The number of nitrogens with one attached hydrogen (secondary N) is 1. The number of hydrogen-bond donors (Lipinski definition) is 3. The van der Waals surface area contributed by atoms with Gasteiger partial charge in [-0.1, -0.05) is 0 Å². The summed E-state index contributed by atoms with van der Waals surface area (Å²) >= 11 is 0. The molecule has 0 amide bonds. The van der Waals surface area contributed by atoms with E-state index in [1.54, 1.807) is 6.07 Å². The quantitative estimate of drug-likeness (QED) is 0.675. The number of nitriles is 1. The highest BCUT2D eigenvalue weighted by molar-refractivity contribution is 7.89. The molecule has 18 heavy (non-hydrogen) atoms. The Balaban J connectivity index is 3.10. The number of aliphatic hydroxyl groups is 1. The van der Waals surface area contributed by atoms with Gasteiger partial charge < -0.3 is 10.8 Å². The monoisotopic (exact) mass is 269 g/mol. The van der Waals surface area contributed by atoms with E-state index < -0.39 is 15.6 Å². The van der Waals surface area contributed by atoms with Gasteiger partial charge in [-0.25, -0.2) is 13.1 Å². The Kier molecular flexibility index (Phi) is 3.96. The van der Waals surface area contributed by atoms with Crippen LogP contribution in [0.4, 0.5) is 5.69 Å². The summed E-state index contributed by atoms with van der Waals surface area (Å²) in [4.78, 5) is -0.150. The summed E-state index contributed by atoms with van der Waals surface area (Å²) in [6.07, 6.45) is 0. The number of sulfonamides is 1. The normalized spacial score (nSPS) is 12.1. The predicted molar refractivity (Wildman–Crippen MR) is 67.1 cm³/mol. The van der Waals surface area contributed by atoms with E-state index in [4.69, 9.17) is 11.0 Å². The molecule has 0 radical (unpaired) electrons. The molecule has 0 unspecified atom stereocenters. The van der Waals surface area contributed by atoms with Gasteiger partial charge in [-0.3, -0.25) is 0 Å². The van der Waals surface area contributed by atoms with Gasteiger partial charge in [-0.05, 0) is 32.0 Å². The van der Waals surface area contributed by atoms with Gasteiger partial charge in [-0.15, -0.1) is 0 Å². The summed E-state index contributed by atoms with van der Waals surface area (Å²) in [5.41, 5.74) is 4.59. The van der Waals surface area contributed by atoms with Crippen LogP contribution in [0.2, 0.25) is 0 Å². The first-order chi connectivity index (χ1) is 8.15. The fraction of sp³-hybridized carbons (Fsp3) is 0.364. The van der Waals surface area contributed by atoms with Gasteiger partial charge in [-0.2, -0.15) is 5.26 Å². The molecule has 0 atom stereocenters. The van der Waals surface area contributed by atoms with E-state index in [0.717, 1.165) is 0 Å². The number of nitrogen functional groups attached to an aromatic ring is 1. The van der Waals surface area contributed by atoms with Crippen molar-refractivity contribution in [2.24, 2.45) is 0 Å². The molecule has 0 aliphatic carbocycles. The Morgan fingerprint density at radius 3 is 2.61 bits per heavy atom. The van der Waals surface area contributed by atoms with Crippen molar-refractivity contribution in [3.63, 3.8) is 0 Å². The van der Waals surface area contributed by atoms with Crippen LogP contribution in [0.5, 0.6) is 0 Å². The SMILES string of the molecule is CC(C)(O)CNS(=O)(=O)c1ccc(N)cc1C#N. The van der Waals surface area contributed by atoms with Crippen LogP contribution in [0.15, 0.2) is 23.1 Å². The number of nitrogens with zero attached hydrogens (tertiary/aromatic N) is 1. The maximum atomic E-state index is 12.0. The van der Waals surface area contributed by atoms with Crippen molar-refractivity contribution >= 4 is 15.7 Å². The van der Waals surface area contributed by atoms with E-state index in [1.807, 2.05) is 0 Å². The Morgan fingerprint density at radius 1 is 1.50 bits per heavy atom. The van der Waals surface area contributed by atoms with Gasteiger partial charge in [0.05, 0.1) is 16.1 Å². The molecule has 0 heterocycles. The molecular formula is C11H15N3O3S. The van der Waals surface area contributed by atoms with Gasteiger partial charge in [0.15, 0.2) is 0 Å². The largest absolute Gasteiger partial charge is 0.399 e. The lowest BCUT2D eigenvalue weighted by atomic mass is 10.1. The van der Waals surface area contributed by atoms with Crippen molar-refractivity contribution in [3.05, 3.63) is 23.8 Å². The second-order valence-electron chi connectivity index (χ2n) is 4.50. The third-order valence-electron chi connectivity index (χ3n) is 2.11. The first kappa shape index (κ1) is 14.4. The summed E-state index contributed by atoms with van der Waals surface area (Å²) < 4.78 is 26.2. The summed E-state index contributed by atoms with van der Waals surface area (Å²) in [5.74, 6) is 0. The molecule has 0 spiro atoms. The molecule has 0 aromatic heterocycles. The minimum Gasteiger partial charge on any atom is -0.399 e. The van der Waals surface area contributed by atoms with Crippen LogP contribution < -0.4 is 10.5 Å². The lowest BCUT2D eigenvalue weighted by Crippen LogP contribution is -2.38. The van der Waals surface area contributed by atoms with E-state index in [9.17, 15) is 13.5 Å². The van der Waals surface area contributed by atoms with Crippen molar-refractivity contribution in [1.29, 1.82) is 5.26 Å².